The van der Waals surface area contributed by atoms with Gasteiger partial charge in [0.25, 0.3) is 0 Å². The van der Waals surface area contributed by atoms with Gasteiger partial charge in [0.05, 0.1) is 6.10 Å². The van der Waals surface area contributed by atoms with E-state index in [9.17, 15) is 19.1 Å². The second-order valence-corrected chi connectivity index (χ2v) is 5.22. The van der Waals surface area contributed by atoms with Gasteiger partial charge >= 0.3 is 11.8 Å². The Morgan fingerprint density at radius 1 is 1.29 bits per heavy atom. The monoisotopic (exact) mass is 296 g/mol. The first-order chi connectivity index (χ1) is 9.82. The summed E-state index contributed by atoms with van der Waals surface area (Å²) in [5, 5.41) is 14.4. The van der Waals surface area contributed by atoms with Gasteiger partial charge in [0.15, 0.2) is 0 Å². The number of amides is 2. The van der Waals surface area contributed by atoms with Gasteiger partial charge < -0.3 is 15.7 Å². The molecule has 3 N–H and O–H groups in total. The molecule has 0 aliphatic rings. The Hall–Kier alpha value is -1.95. The van der Waals surface area contributed by atoms with E-state index >= 15 is 0 Å². The molecule has 1 unspecified atom stereocenters. The van der Waals surface area contributed by atoms with Crippen molar-refractivity contribution in [3.63, 3.8) is 0 Å². The first-order valence-electron chi connectivity index (χ1n) is 6.85. The molecule has 0 aliphatic heterocycles. The van der Waals surface area contributed by atoms with Crippen LogP contribution >= 0.6 is 0 Å². The van der Waals surface area contributed by atoms with Crippen molar-refractivity contribution in [1.29, 1.82) is 0 Å². The van der Waals surface area contributed by atoms with E-state index in [2.05, 4.69) is 10.6 Å². The lowest BCUT2D eigenvalue weighted by Crippen LogP contribution is -2.37. The fraction of sp³-hybridized carbons (Fsp3) is 0.467. The summed E-state index contributed by atoms with van der Waals surface area (Å²) in [6.45, 7) is 5.45. The SMILES string of the molecule is Cc1c(F)cccc1NC(=O)C(=O)NCCC(O)C(C)C. The zero-order valence-corrected chi connectivity index (χ0v) is 12.4. The van der Waals surface area contributed by atoms with Crippen LogP contribution in [0.15, 0.2) is 18.2 Å². The minimum absolute atomic E-state index is 0.0886. The molecule has 0 aliphatic carbocycles. The number of benzene rings is 1. The molecule has 1 aromatic carbocycles. The largest absolute Gasteiger partial charge is 0.393 e. The van der Waals surface area contributed by atoms with Gasteiger partial charge in [-0.2, -0.15) is 0 Å². The Kier molecular flexibility index (Phi) is 6.30. The van der Waals surface area contributed by atoms with Crippen molar-refractivity contribution in [3.05, 3.63) is 29.6 Å². The molecule has 5 nitrogen and oxygen atoms in total. The number of halogens is 1. The number of nitrogens with one attached hydrogen (secondary N) is 2. The number of hydrogen-bond donors (Lipinski definition) is 3. The van der Waals surface area contributed by atoms with Crippen LogP contribution in [0.25, 0.3) is 0 Å². The summed E-state index contributed by atoms with van der Waals surface area (Å²) in [5.41, 5.74) is 0.534. The number of carbonyl (C=O) groups is 2. The quantitative estimate of drug-likeness (QED) is 0.722. The molecule has 116 valence electrons. The van der Waals surface area contributed by atoms with Gasteiger partial charge in [-0.05, 0) is 31.4 Å². The fourth-order valence-electron chi connectivity index (χ4n) is 1.67. The van der Waals surface area contributed by atoms with E-state index in [1.54, 1.807) is 0 Å². The highest BCUT2D eigenvalue weighted by atomic mass is 19.1. The van der Waals surface area contributed by atoms with E-state index in [0.29, 0.717) is 6.42 Å². The third-order valence-corrected chi connectivity index (χ3v) is 3.22. The van der Waals surface area contributed by atoms with Crippen LogP contribution < -0.4 is 10.6 Å². The maximum atomic E-state index is 13.3. The van der Waals surface area contributed by atoms with Gasteiger partial charge in [-0.3, -0.25) is 9.59 Å². The number of anilines is 1. The van der Waals surface area contributed by atoms with Crippen molar-refractivity contribution in [2.75, 3.05) is 11.9 Å². The fourth-order valence-corrected chi connectivity index (χ4v) is 1.67. The van der Waals surface area contributed by atoms with Crippen molar-refractivity contribution in [3.8, 4) is 0 Å². The second-order valence-electron chi connectivity index (χ2n) is 5.22. The van der Waals surface area contributed by atoms with Crippen LogP contribution in [0.5, 0.6) is 0 Å². The van der Waals surface area contributed by atoms with Gasteiger partial charge in [-0.25, -0.2) is 4.39 Å². The molecule has 0 fully saturated rings. The zero-order chi connectivity index (χ0) is 16.0. The van der Waals surface area contributed by atoms with Crippen LogP contribution in [-0.2, 0) is 9.59 Å². The Labute approximate surface area is 123 Å². The molecule has 1 aromatic rings. The second kappa shape index (κ2) is 7.73. The molecule has 0 bridgehead atoms. The summed E-state index contributed by atoms with van der Waals surface area (Å²) < 4.78 is 13.3. The van der Waals surface area contributed by atoms with E-state index in [0.717, 1.165) is 0 Å². The van der Waals surface area contributed by atoms with Crippen LogP contribution in [0.3, 0.4) is 0 Å². The van der Waals surface area contributed by atoms with Crippen LogP contribution in [0.1, 0.15) is 25.8 Å². The first kappa shape index (κ1) is 17.1. The van der Waals surface area contributed by atoms with Crippen LogP contribution in [0, 0.1) is 18.7 Å². The van der Waals surface area contributed by atoms with E-state index in [4.69, 9.17) is 0 Å². The summed E-state index contributed by atoms with van der Waals surface area (Å²) in [4.78, 5) is 23.3. The van der Waals surface area contributed by atoms with Gasteiger partial charge in [0, 0.05) is 17.8 Å². The third-order valence-electron chi connectivity index (χ3n) is 3.22. The zero-order valence-electron chi connectivity index (χ0n) is 12.4. The number of hydrogen-bond acceptors (Lipinski definition) is 3. The molecule has 1 rings (SSSR count). The predicted octanol–water partition coefficient (Wildman–Crippen LogP) is 1.60. The summed E-state index contributed by atoms with van der Waals surface area (Å²) in [7, 11) is 0. The minimum Gasteiger partial charge on any atom is -0.393 e. The van der Waals surface area contributed by atoms with Crippen molar-refractivity contribution < 1.29 is 19.1 Å². The molecule has 6 heteroatoms. The van der Waals surface area contributed by atoms with Gasteiger partial charge in [-0.1, -0.05) is 19.9 Å². The molecule has 0 aromatic heterocycles. The lowest BCUT2D eigenvalue weighted by atomic mass is 10.0. The number of aliphatic hydroxyl groups excluding tert-OH is 1. The minimum atomic E-state index is -0.859. The molecule has 1 atom stereocenters. The Bertz CT molecular complexity index is 518. The lowest BCUT2D eigenvalue weighted by Gasteiger charge is -2.14. The third kappa shape index (κ3) is 5.15. The lowest BCUT2D eigenvalue weighted by molar-refractivity contribution is -0.136. The summed E-state index contributed by atoms with van der Waals surface area (Å²) in [5.74, 6) is -2.03. The van der Waals surface area contributed by atoms with Crippen molar-refractivity contribution >= 4 is 17.5 Å². The van der Waals surface area contributed by atoms with Crippen molar-refractivity contribution in [2.45, 2.75) is 33.3 Å². The van der Waals surface area contributed by atoms with Gasteiger partial charge in [0.2, 0.25) is 0 Å². The van der Waals surface area contributed by atoms with E-state index in [1.165, 1.54) is 25.1 Å². The average Bonchev–Trinajstić information content (AvgIpc) is 2.43. The van der Waals surface area contributed by atoms with E-state index in [1.807, 2.05) is 13.8 Å². The Morgan fingerprint density at radius 2 is 1.95 bits per heavy atom. The average molecular weight is 296 g/mol. The van der Waals surface area contributed by atoms with Crippen LogP contribution in [-0.4, -0.2) is 29.6 Å². The molecule has 0 saturated heterocycles. The Morgan fingerprint density at radius 3 is 2.57 bits per heavy atom. The van der Waals surface area contributed by atoms with E-state index < -0.39 is 23.7 Å². The number of carbonyl (C=O) groups excluding carboxylic acids is 2. The molecule has 0 spiro atoms. The normalized spacial score (nSPS) is 12.1. The predicted molar refractivity (Wildman–Crippen MR) is 78.2 cm³/mol. The van der Waals surface area contributed by atoms with Gasteiger partial charge in [-0.15, -0.1) is 0 Å². The molecular weight excluding hydrogens is 275 g/mol. The van der Waals surface area contributed by atoms with Crippen LogP contribution in [0.2, 0.25) is 0 Å². The molecule has 0 radical (unpaired) electrons. The molecular formula is C15H21FN2O3. The summed E-state index contributed by atoms with van der Waals surface area (Å²) >= 11 is 0. The summed E-state index contributed by atoms with van der Waals surface area (Å²) in [6.07, 6.45) is -0.158. The van der Waals surface area contributed by atoms with E-state index in [-0.39, 0.29) is 23.7 Å². The van der Waals surface area contributed by atoms with Gasteiger partial charge in [0.1, 0.15) is 5.82 Å². The molecule has 21 heavy (non-hydrogen) atoms. The highest BCUT2D eigenvalue weighted by molar-refractivity contribution is 6.39. The Balaban J connectivity index is 2.48. The highest BCUT2D eigenvalue weighted by Gasteiger charge is 2.16. The van der Waals surface area contributed by atoms with Crippen molar-refractivity contribution in [1.82, 2.24) is 5.32 Å². The highest BCUT2D eigenvalue weighted by Crippen LogP contribution is 2.17. The maximum Gasteiger partial charge on any atom is 0.313 e. The molecule has 0 heterocycles. The molecule has 0 saturated carbocycles. The molecule has 2 amide bonds. The van der Waals surface area contributed by atoms with Crippen molar-refractivity contribution in [2.24, 2.45) is 5.92 Å². The van der Waals surface area contributed by atoms with Crippen LogP contribution in [0.4, 0.5) is 10.1 Å². The first-order valence-corrected chi connectivity index (χ1v) is 6.85. The standard InChI is InChI=1S/C15H21FN2O3/c1-9(2)13(19)7-8-17-14(20)15(21)18-12-6-4-5-11(16)10(12)3/h4-6,9,13,19H,7-8H2,1-3H3,(H,17,20)(H,18,21). The summed E-state index contributed by atoms with van der Waals surface area (Å²) in [6, 6.07) is 4.25. The number of aliphatic hydroxyl groups is 1. The smallest absolute Gasteiger partial charge is 0.313 e. The maximum absolute atomic E-state index is 13.3. The topological polar surface area (TPSA) is 78.4 Å². The number of rotatable bonds is 5.